The van der Waals surface area contributed by atoms with Crippen molar-refractivity contribution in [2.24, 2.45) is 0 Å². The Kier molecular flexibility index (Phi) is 11.2. The van der Waals surface area contributed by atoms with Crippen molar-refractivity contribution in [2.75, 3.05) is 40.1 Å². The van der Waals surface area contributed by atoms with E-state index in [2.05, 4.69) is 22.9 Å². The summed E-state index contributed by atoms with van der Waals surface area (Å²) in [5.74, 6) is -0.422. The number of benzene rings is 3. The summed E-state index contributed by atoms with van der Waals surface area (Å²) in [6, 6.07) is 19.2. The van der Waals surface area contributed by atoms with Gasteiger partial charge in [-0.1, -0.05) is 49.6 Å². The highest BCUT2D eigenvalue weighted by Crippen LogP contribution is 2.30. The summed E-state index contributed by atoms with van der Waals surface area (Å²) in [6.07, 6.45) is 0.992. The third kappa shape index (κ3) is 9.10. The molecule has 0 radical (unpaired) electrons. The van der Waals surface area contributed by atoms with Gasteiger partial charge in [0.05, 0.1) is 12.2 Å². The first kappa shape index (κ1) is 29.1. The summed E-state index contributed by atoms with van der Waals surface area (Å²) in [5, 5.41) is 0. The molecule has 0 atom stereocenters. The zero-order valence-electron chi connectivity index (χ0n) is 21.5. The number of halogens is 1. The molecule has 0 heterocycles. The molecule has 0 fully saturated rings. The molecule has 0 aliphatic rings. The molecular weight excluding hydrogens is 507 g/mol. The maximum Gasteiger partial charge on any atom is 0.365 e. The van der Waals surface area contributed by atoms with Gasteiger partial charge in [-0.05, 0) is 47.0 Å². The van der Waals surface area contributed by atoms with Crippen molar-refractivity contribution in [1.82, 2.24) is 0 Å². The van der Waals surface area contributed by atoms with E-state index in [4.69, 9.17) is 18.9 Å². The summed E-state index contributed by atoms with van der Waals surface area (Å²) in [5.41, 5.74) is 2.91. The van der Waals surface area contributed by atoms with Crippen molar-refractivity contribution in [1.29, 1.82) is 0 Å². The fourth-order valence-corrected chi connectivity index (χ4v) is 3.36. The smallest absolute Gasteiger partial charge is 0.365 e. The van der Waals surface area contributed by atoms with Crippen LogP contribution in [0, 0.1) is 5.82 Å². The third-order valence-electron chi connectivity index (χ3n) is 5.26. The zero-order chi connectivity index (χ0) is 28.0. The molecule has 0 aliphatic heterocycles. The maximum atomic E-state index is 15.0. The lowest BCUT2D eigenvalue weighted by atomic mass is 9.99. The first-order valence-electron chi connectivity index (χ1n) is 12.0. The van der Waals surface area contributed by atoms with Crippen molar-refractivity contribution in [3.05, 3.63) is 97.4 Å². The van der Waals surface area contributed by atoms with Gasteiger partial charge >= 0.3 is 11.9 Å². The van der Waals surface area contributed by atoms with Crippen molar-refractivity contribution < 1.29 is 42.7 Å². The van der Waals surface area contributed by atoms with Crippen LogP contribution in [0.15, 0.2) is 91.5 Å². The highest BCUT2D eigenvalue weighted by atomic mass is 19.1. The predicted molar refractivity (Wildman–Crippen MR) is 142 cm³/mol. The lowest BCUT2D eigenvalue weighted by molar-refractivity contribution is -0.269. The van der Waals surface area contributed by atoms with Crippen LogP contribution < -0.4 is 9.47 Å². The van der Waals surface area contributed by atoms with Crippen LogP contribution in [0.3, 0.4) is 0 Å². The van der Waals surface area contributed by atoms with E-state index in [-0.39, 0.29) is 44.4 Å². The Morgan fingerprint density at radius 2 is 1.41 bits per heavy atom. The molecule has 3 rings (SSSR count). The van der Waals surface area contributed by atoms with Gasteiger partial charge in [-0.3, -0.25) is 4.89 Å². The molecule has 0 saturated carbocycles. The van der Waals surface area contributed by atoms with E-state index in [0.29, 0.717) is 28.2 Å². The van der Waals surface area contributed by atoms with Gasteiger partial charge in [0.15, 0.2) is 0 Å². The minimum atomic E-state index is -0.684. The summed E-state index contributed by atoms with van der Waals surface area (Å²) >= 11 is 0. The SMILES string of the molecule is C=CC(=O)OOCCOc1ccc(-c2ccc(-c3ccc(OCCOC(=O)C(=C)COC)cc3)cc2F)cc1. The van der Waals surface area contributed by atoms with Crippen LogP contribution in [-0.4, -0.2) is 52.1 Å². The van der Waals surface area contributed by atoms with Gasteiger partial charge < -0.3 is 18.9 Å². The van der Waals surface area contributed by atoms with Gasteiger partial charge in [-0.25, -0.2) is 14.0 Å². The number of carbonyl (C=O) groups is 2. The number of rotatable bonds is 15. The summed E-state index contributed by atoms with van der Waals surface area (Å²) < 4.78 is 36.0. The highest BCUT2D eigenvalue weighted by molar-refractivity contribution is 5.88. The Morgan fingerprint density at radius 3 is 2.00 bits per heavy atom. The molecule has 0 aromatic heterocycles. The molecule has 0 bridgehead atoms. The van der Waals surface area contributed by atoms with Crippen LogP contribution in [0.2, 0.25) is 0 Å². The van der Waals surface area contributed by atoms with E-state index >= 15 is 0 Å². The normalized spacial score (nSPS) is 10.4. The second-order valence-electron chi connectivity index (χ2n) is 8.04. The van der Waals surface area contributed by atoms with E-state index in [1.165, 1.54) is 13.2 Å². The quantitative estimate of drug-likeness (QED) is 0.0848. The Morgan fingerprint density at radius 1 is 0.821 bits per heavy atom. The Labute approximate surface area is 226 Å². The second-order valence-corrected chi connectivity index (χ2v) is 8.04. The minimum Gasteiger partial charge on any atom is -0.491 e. The molecule has 8 nitrogen and oxygen atoms in total. The van der Waals surface area contributed by atoms with E-state index in [9.17, 15) is 14.0 Å². The lowest BCUT2D eigenvalue weighted by Gasteiger charge is -2.10. The van der Waals surface area contributed by atoms with E-state index in [1.54, 1.807) is 42.5 Å². The fraction of sp³-hybridized carbons (Fsp3) is 0.200. The van der Waals surface area contributed by atoms with Gasteiger partial charge in [-0.15, -0.1) is 0 Å². The molecule has 0 N–H and O–H groups in total. The molecule has 204 valence electrons. The van der Waals surface area contributed by atoms with Crippen molar-refractivity contribution in [3.63, 3.8) is 0 Å². The number of hydrogen-bond donors (Lipinski definition) is 0. The van der Waals surface area contributed by atoms with Gasteiger partial charge in [-0.2, -0.15) is 4.89 Å². The van der Waals surface area contributed by atoms with Crippen molar-refractivity contribution in [3.8, 4) is 33.8 Å². The number of esters is 1. The maximum absolute atomic E-state index is 15.0. The molecule has 0 aliphatic carbocycles. The van der Waals surface area contributed by atoms with Crippen LogP contribution in [0.25, 0.3) is 22.3 Å². The Balaban J connectivity index is 1.50. The standard InChI is InChI=1S/C30H29FO8/c1-4-29(32)39-38-18-17-36-26-12-7-23(8-13-26)27-14-9-24(19-28(27)31)22-5-10-25(11-6-22)35-15-16-37-30(33)21(2)20-34-3/h4-14,19H,1-2,15-18,20H2,3H3. The van der Waals surface area contributed by atoms with Crippen molar-refractivity contribution >= 4 is 11.9 Å². The molecule has 3 aromatic carbocycles. The van der Waals surface area contributed by atoms with Crippen molar-refractivity contribution in [2.45, 2.75) is 0 Å². The average Bonchev–Trinajstić information content (AvgIpc) is 2.95. The van der Waals surface area contributed by atoms with Crippen LogP contribution >= 0.6 is 0 Å². The molecule has 0 unspecified atom stereocenters. The molecule has 0 amide bonds. The highest BCUT2D eigenvalue weighted by Gasteiger charge is 2.10. The molecule has 9 heteroatoms. The number of ether oxygens (including phenoxy) is 4. The van der Waals surface area contributed by atoms with E-state index in [0.717, 1.165) is 11.6 Å². The molecule has 3 aromatic rings. The van der Waals surface area contributed by atoms with Gasteiger partial charge in [0.25, 0.3) is 0 Å². The van der Waals surface area contributed by atoms with Gasteiger partial charge in [0.1, 0.15) is 43.7 Å². The van der Waals surface area contributed by atoms with Crippen LogP contribution in [0.5, 0.6) is 11.5 Å². The molecule has 0 spiro atoms. The monoisotopic (exact) mass is 536 g/mol. The summed E-state index contributed by atoms with van der Waals surface area (Å²) in [7, 11) is 1.47. The Bertz CT molecular complexity index is 1270. The van der Waals surface area contributed by atoms with Crippen LogP contribution in [0.1, 0.15) is 0 Å². The lowest BCUT2D eigenvalue weighted by Crippen LogP contribution is -2.15. The largest absolute Gasteiger partial charge is 0.491 e. The number of hydrogen-bond acceptors (Lipinski definition) is 8. The fourth-order valence-electron chi connectivity index (χ4n) is 3.36. The summed E-state index contributed by atoms with van der Waals surface area (Å²) in [6.45, 7) is 7.42. The molecule has 0 saturated heterocycles. The zero-order valence-corrected chi connectivity index (χ0v) is 21.5. The minimum absolute atomic E-state index is 0.0474. The number of carbonyl (C=O) groups excluding carboxylic acids is 2. The first-order chi connectivity index (χ1) is 18.9. The third-order valence-corrected chi connectivity index (χ3v) is 5.26. The average molecular weight is 537 g/mol. The second kappa shape index (κ2) is 15.1. The van der Waals surface area contributed by atoms with E-state index < -0.39 is 11.9 Å². The number of methoxy groups -OCH3 is 1. The van der Waals surface area contributed by atoms with E-state index in [1.807, 2.05) is 18.2 Å². The van der Waals surface area contributed by atoms with Gasteiger partial charge in [0, 0.05) is 18.7 Å². The molecular formula is C30H29FO8. The van der Waals surface area contributed by atoms with Gasteiger partial charge in [0.2, 0.25) is 0 Å². The summed E-state index contributed by atoms with van der Waals surface area (Å²) in [4.78, 5) is 31.7. The molecule has 39 heavy (non-hydrogen) atoms. The van der Waals surface area contributed by atoms with Crippen LogP contribution in [-0.2, 0) is 28.8 Å². The predicted octanol–water partition coefficient (Wildman–Crippen LogP) is 5.32. The Hall–Kier alpha value is -4.47. The topological polar surface area (TPSA) is 89.5 Å². The van der Waals surface area contributed by atoms with Crippen LogP contribution in [0.4, 0.5) is 4.39 Å². The first-order valence-corrected chi connectivity index (χ1v) is 12.0.